The Morgan fingerprint density at radius 2 is 1.88 bits per heavy atom. The van der Waals surface area contributed by atoms with Crippen LogP contribution < -0.4 is 10.1 Å². The molecule has 1 N–H and O–H groups in total. The molecule has 0 saturated heterocycles. The van der Waals surface area contributed by atoms with Crippen molar-refractivity contribution in [2.75, 3.05) is 18.5 Å². The average Bonchev–Trinajstić information content (AvgIpc) is 2.54. The lowest BCUT2D eigenvalue weighted by Gasteiger charge is -2.09. The van der Waals surface area contributed by atoms with Crippen molar-refractivity contribution < 1.29 is 19.1 Å². The second-order valence-electron chi connectivity index (χ2n) is 5.28. The molecule has 0 aliphatic rings. The summed E-state index contributed by atoms with van der Waals surface area (Å²) >= 11 is 3.39. The highest BCUT2D eigenvalue weighted by Gasteiger charge is 2.09. The van der Waals surface area contributed by atoms with Crippen molar-refractivity contribution in [2.24, 2.45) is 0 Å². The number of carbonyl (C=O) groups excluding carboxylic acids is 2. The van der Waals surface area contributed by atoms with Crippen LogP contribution in [0.1, 0.15) is 11.1 Å². The summed E-state index contributed by atoms with van der Waals surface area (Å²) in [5.41, 5.74) is 2.68. The van der Waals surface area contributed by atoms with Gasteiger partial charge in [0, 0.05) is 10.2 Å². The third-order valence-corrected chi connectivity index (χ3v) is 4.04. The van der Waals surface area contributed by atoms with Gasteiger partial charge in [-0.2, -0.15) is 0 Å². The van der Waals surface area contributed by atoms with Gasteiger partial charge in [-0.25, -0.2) is 4.79 Å². The van der Waals surface area contributed by atoms with Crippen molar-refractivity contribution in [1.29, 1.82) is 0 Å². The van der Waals surface area contributed by atoms with Crippen LogP contribution in [0.5, 0.6) is 5.75 Å². The number of rotatable bonds is 6. The maximum absolute atomic E-state index is 11.8. The molecular formula is C18H18BrNO4. The maximum Gasteiger partial charge on any atom is 0.344 e. The molecule has 0 bridgehead atoms. The van der Waals surface area contributed by atoms with E-state index in [1.54, 1.807) is 12.1 Å². The molecule has 6 heteroatoms. The third-order valence-electron chi connectivity index (χ3n) is 3.15. The lowest BCUT2D eigenvalue weighted by molar-refractivity contribution is -0.149. The normalized spacial score (nSPS) is 10.1. The van der Waals surface area contributed by atoms with Gasteiger partial charge >= 0.3 is 5.97 Å². The molecule has 5 nitrogen and oxygen atoms in total. The molecule has 0 unspecified atom stereocenters. The Morgan fingerprint density at radius 1 is 1.08 bits per heavy atom. The predicted molar refractivity (Wildman–Crippen MR) is 95.1 cm³/mol. The van der Waals surface area contributed by atoms with Gasteiger partial charge in [-0.1, -0.05) is 28.1 Å². The van der Waals surface area contributed by atoms with E-state index in [4.69, 9.17) is 9.47 Å². The fraction of sp³-hybridized carbons (Fsp3) is 0.222. The number of hydrogen-bond donors (Lipinski definition) is 1. The van der Waals surface area contributed by atoms with Crippen molar-refractivity contribution in [3.63, 3.8) is 0 Å². The van der Waals surface area contributed by atoms with E-state index < -0.39 is 11.9 Å². The quantitative estimate of drug-likeness (QED) is 0.763. The Morgan fingerprint density at radius 3 is 2.58 bits per heavy atom. The number of ether oxygens (including phenoxy) is 2. The fourth-order valence-electron chi connectivity index (χ4n) is 1.95. The molecule has 0 aliphatic heterocycles. The van der Waals surface area contributed by atoms with Gasteiger partial charge in [-0.3, -0.25) is 4.79 Å². The Labute approximate surface area is 149 Å². The first-order valence-electron chi connectivity index (χ1n) is 7.35. The van der Waals surface area contributed by atoms with E-state index >= 15 is 0 Å². The Bertz CT molecular complexity index is 746. The lowest BCUT2D eigenvalue weighted by atomic mass is 10.2. The van der Waals surface area contributed by atoms with Crippen molar-refractivity contribution in [3.8, 4) is 5.75 Å². The zero-order valence-corrected chi connectivity index (χ0v) is 15.1. The monoisotopic (exact) mass is 391 g/mol. The molecule has 24 heavy (non-hydrogen) atoms. The molecule has 126 valence electrons. The van der Waals surface area contributed by atoms with E-state index in [1.807, 2.05) is 44.2 Å². The maximum atomic E-state index is 11.8. The van der Waals surface area contributed by atoms with Gasteiger partial charge in [-0.15, -0.1) is 0 Å². The number of amides is 1. The van der Waals surface area contributed by atoms with Crippen molar-refractivity contribution >= 4 is 33.5 Å². The molecule has 0 aliphatic carbocycles. The number of esters is 1. The first-order chi connectivity index (χ1) is 11.4. The number of benzene rings is 2. The van der Waals surface area contributed by atoms with Crippen LogP contribution in [0, 0.1) is 13.8 Å². The summed E-state index contributed by atoms with van der Waals surface area (Å²) < 4.78 is 11.2. The number of halogens is 1. The van der Waals surface area contributed by atoms with Gasteiger partial charge in [0.25, 0.3) is 5.91 Å². The molecule has 0 radical (unpaired) electrons. The molecule has 1 amide bonds. The molecule has 0 saturated carbocycles. The first kappa shape index (κ1) is 18.0. The Hall–Kier alpha value is -2.34. The molecule has 2 aromatic carbocycles. The summed E-state index contributed by atoms with van der Waals surface area (Å²) in [4.78, 5) is 23.4. The van der Waals surface area contributed by atoms with Crippen LogP contribution in [0.15, 0.2) is 46.9 Å². The SMILES string of the molecule is Cc1cccc(OCC(=O)OCC(=O)Nc2ccc(Br)c(C)c2)c1. The van der Waals surface area contributed by atoms with Crippen LogP contribution >= 0.6 is 15.9 Å². The molecule has 0 fully saturated rings. The highest BCUT2D eigenvalue weighted by atomic mass is 79.9. The van der Waals surface area contributed by atoms with Crippen LogP contribution in [-0.2, 0) is 14.3 Å². The van der Waals surface area contributed by atoms with Gasteiger partial charge in [0.05, 0.1) is 0 Å². The van der Waals surface area contributed by atoms with Gasteiger partial charge in [0.2, 0.25) is 0 Å². The molecule has 0 atom stereocenters. The largest absolute Gasteiger partial charge is 0.482 e. The first-order valence-corrected chi connectivity index (χ1v) is 8.14. The van der Waals surface area contributed by atoms with Crippen molar-refractivity contribution in [2.45, 2.75) is 13.8 Å². The molecule has 0 spiro atoms. The molecule has 0 aromatic heterocycles. The van der Waals surface area contributed by atoms with Gasteiger partial charge in [0.15, 0.2) is 13.2 Å². The van der Waals surface area contributed by atoms with E-state index in [-0.39, 0.29) is 13.2 Å². The highest BCUT2D eigenvalue weighted by Crippen LogP contribution is 2.19. The smallest absolute Gasteiger partial charge is 0.344 e. The van der Waals surface area contributed by atoms with Gasteiger partial charge in [0.1, 0.15) is 5.75 Å². The predicted octanol–water partition coefficient (Wildman–Crippen LogP) is 3.63. The standard InChI is InChI=1S/C18H18BrNO4/c1-12-4-3-5-15(8-12)23-11-18(22)24-10-17(21)20-14-6-7-16(19)13(2)9-14/h3-9H,10-11H2,1-2H3,(H,20,21). The van der Waals surface area contributed by atoms with E-state index in [9.17, 15) is 9.59 Å². The number of aryl methyl sites for hydroxylation is 2. The second kappa shape index (κ2) is 8.49. The second-order valence-corrected chi connectivity index (χ2v) is 6.13. The number of carbonyl (C=O) groups is 2. The minimum Gasteiger partial charge on any atom is -0.482 e. The van der Waals surface area contributed by atoms with Gasteiger partial charge < -0.3 is 14.8 Å². The van der Waals surface area contributed by atoms with Crippen LogP contribution in [0.3, 0.4) is 0 Å². The highest BCUT2D eigenvalue weighted by molar-refractivity contribution is 9.10. The average molecular weight is 392 g/mol. The van der Waals surface area contributed by atoms with E-state index in [0.29, 0.717) is 11.4 Å². The molecular weight excluding hydrogens is 374 g/mol. The Balaban J connectivity index is 1.74. The molecule has 0 heterocycles. The lowest BCUT2D eigenvalue weighted by Crippen LogP contribution is -2.23. The summed E-state index contributed by atoms with van der Waals surface area (Å²) in [6.07, 6.45) is 0. The van der Waals surface area contributed by atoms with Crippen LogP contribution in [0.4, 0.5) is 5.69 Å². The number of hydrogen-bond acceptors (Lipinski definition) is 4. The summed E-state index contributed by atoms with van der Waals surface area (Å²) in [5.74, 6) is -0.416. The van der Waals surface area contributed by atoms with E-state index in [2.05, 4.69) is 21.2 Å². The minimum atomic E-state index is -0.598. The zero-order chi connectivity index (χ0) is 17.5. The van der Waals surface area contributed by atoms with Crippen LogP contribution in [0.25, 0.3) is 0 Å². The van der Waals surface area contributed by atoms with Gasteiger partial charge in [-0.05, 0) is 55.3 Å². The van der Waals surface area contributed by atoms with E-state index in [0.717, 1.165) is 15.6 Å². The summed E-state index contributed by atoms with van der Waals surface area (Å²) in [6.45, 7) is 3.25. The topological polar surface area (TPSA) is 64.6 Å². The summed E-state index contributed by atoms with van der Waals surface area (Å²) in [5, 5.41) is 2.67. The third kappa shape index (κ3) is 5.70. The minimum absolute atomic E-state index is 0.242. The van der Waals surface area contributed by atoms with Crippen molar-refractivity contribution in [3.05, 3.63) is 58.1 Å². The number of anilines is 1. The molecule has 2 rings (SSSR count). The zero-order valence-electron chi connectivity index (χ0n) is 13.5. The summed E-state index contributed by atoms with van der Waals surface area (Å²) in [6, 6.07) is 12.8. The van der Waals surface area contributed by atoms with Crippen LogP contribution in [0.2, 0.25) is 0 Å². The summed E-state index contributed by atoms with van der Waals surface area (Å²) in [7, 11) is 0. The number of nitrogens with one attached hydrogen (secondary N) is 1. The fourth-order valence-corrected chi connectivity index (χ4v) is 2.20. The Kier molecular flexibility index (Phi) is 6.37. The van der Waals surface area contributed by atoms with Crippen molar-refractivity contribution in [1.82, 2.24) is 0 Å². The molecule has 2 aromatic rings. The van der Waals surface area contributed by atoms with E-state index in [1.165, 1.54) is 0 Å². The van der Waals surface area contributed by atoms with Crippen LogP contribution in [-0.4, -0.2) is 25.1 Å².